The summed E-state index contributed by atoms with van der Waals surface area (Å²) >= 11 is 6.01. The summed E-state index contributed by atoms with van der Waals surface area (Å²) in [6.07, 6.45) is 0.0938. The number of amides is 1. The lowest BCUT2D eigenvalue weighted by atomic mass is 10.1. The molecule has 2 aromatic rings. The summed E-state index contributed by atoms with van der Waals surface area (Å²) in [5.41, 5.74) is 1.14. The number of halogens is 1. The molecule has 1 atom stereocenters. The summed E-state index contributed by atoms with van der Waals surface area (Å²) in [7, 11) is 1.08. The van der Waals surface area contributed by atoms with E-state index in [4.69, 9.17) is 25.8 Å². The highest BCUT2D eigenvalue weighted by molar-refractivity contribution is 7.92. The molecule has 0 saturated carbocycles. The third-order valence-corrected chi connectivity index (χ3v) is 6.09. The number of rotatable bonds is 6. The molecular formula is C20H23ClN2O6S. The second-order valence-corrected chi connectivity index (χ2v) is 9.24. The van der Waals surface area contributed by atoms with Crippen LogP contribution in [0, 0.1) is 0 Å². The fourth-order valence-electron chi connectivity index (χ4n) is 3.24. The van der Waals surface area contributed by atoms with Gasteiger partial charge in [0, 0.05) is 18.6 Å². The van der Waals surface area contributed by atoms with Crippen molar-refractivity contribution >= 4 is 33.2 Å². The Hall–Kier alpha value is -2.65. The van der Waals surface area contributed by atoms with E-state index in [0.29, 0.717) is 22.2 Å². The maximum Gasteiger partial charge on any atom is 0.265 e. The quantitative estimate of drug-likeness (QED) is 0.666. The highest BCUT2D eigenvalue weighted by Gasteiger charge is 2.36. The van der Waals surface area contributed by atoms with Crippen LogP contribution in [0.15, 0.2) is 36.4 Å². The lowest BCUT2D eigenvalue weighted by Gasteiger charge is -2.35. The molecule has 1 heterocycles. The number of anilines is 1. The van der Waals surface area contributed by atoms with Crippen molar-refractivity contribution in [3.05, 3.63) is 47.0 Å². The molecular weight excluding hydrogens is 432 g/mol. The van der Waals surface area contributed by atoms with Crippen LogP contribution in [0.1, 0.15) is 5.56 Å². The zero-order chi connectivity index (χ0) is 22.1. The first-order chi connectivity index (χ1) is 14.1. The monoisotopic (exact) mass is 454 g/mol. The van der Waals surface area contributed by atoms with Gasteiger partial charge in [0.2, 0.25) is 10.0 Å². The minimum Gasteiger partial charge on any atom is -0.493 e. The molecule has 0 saturated heterocycles. The van der Waals surface area contributed by atoms with E-state index in [9.17, 15) is 13.2 Å². The van der Waals surface area contributed by atoms with Gasteiger partial charge in [0.15, 0.2) is 17.6 Å². The molecule has 1 amide bonds. The number of hydrogen-bond acceptors (Lipinski definition) is 6. The van der Waals surface area contributed by atoms with Crippen LogP contribution in [0.5, 0.6) is 17.2 Å². The summed E-state index contributed by atoms with van der Waals surface area (Å²) in [5.74, 6) is 1.08. The van der Waals surface area contributed by atoms with Gasteiger partial charge in [-0.3, -0.25) is 9.10 Å². The first-order valence-corrected chi connectivity index (χ1v) is 11.3. The normalized spacial score (nSPS) is 15.8. The van der Waals surface area contributed by atoms with Crippen LogP contribution in [0.2, 0.25) is 5.02 Å². The average Bonchev–Trinajstić information content (AvgIpc) is 2.71. The third kappa shape index (κ3) is 4.57. The molecule has 0 radical (unpaired) electrons. The third-order valence-electron chi connectivity index (χ3n) is 4.71. The minimum atomic E-state index is -3.63. The maximum atomic E-state index is 13.0. The predicted octanol–water partition coefficient (Wildman–Crippen LogP) is 2.54. The molecule has 0 bridgehead atoms. The number of methoxy groups -OCH3 is 2. The molecule has 0 unspecified atom stereocenters. The van der Waals surface area contributed by atoms with Crippen molar-refractivity contribution in [2.45, 2.75) is 12.6 Å². The largest absolute Gasteiger partial charge is 0.493 e. The fourth-order valence-corrected chi connectivity index (χ4v) is 4.32. The molecule has 162 valence electrons. The topological polar surface area (TPSA) is 85.4 Å². The van der Waals surface area contributed by atoms with Gasteiger partial charge in [-0.1, -0.05) is 17.7 Å². The van der Waals surface area contributed by atoms with Crippen LogP contribution >= 0.6 is 11.6 Å². The molecule has 0 aliphatic carbocycles. The number of carbonyl (C=O) groups excluding carboxylic acids is 1. The summed E-state index contributed by atoms with van der Waals surface area (Å²) in [5, 5.41) is 0.376. The van der Waals surface area contributed by atoms with E-state index in [-0.39, 0.29) is 24.7 Å². The second-order valence-electron chi connectivity index (χ2n) is 6.90. The molecule has 30 heavy (non-hydrogen) atoms. The highest BCUT2D eigenvalue weighted by atomic mass is 35.5. The Labute approximate surface area is 180 Å². The number of likely N-dealkylation sites (N-methyl/N-ethyl adjacent to an activating group) is 1. The molecule has 3 rings (SSSR count). The number of sulfonamides is 1. The number of nitrogens with zero attached hydrogens (tertiary/aromatic N) is 2. The zero-order valence-corrected chi connectivity index (χ0v) is 18.7. The number of carbonyl (C=O) groups is 1. The lowest BCUT2D eigenvalue weighted by molar-refractivity contribution is -0.137. The first-order valence-electron chi connectivity index (χ1n) is 9.04. The highest BCUT2D eigenvalue weighted by Crippen LogP contribution is 2.37. The fraction of sp³-hybridized carbons (Fsp3) is 0.350. The zero-order valence-electron chi connectivity index (χ0n) is 17.1. The lowest BCUT2D eigenvalue weighted by Crippen LogP contribution is -2.50. The van der Waals surface area contributed by atoms with Gasteiger partial charge < -0.3 is 19.1 Å². The average molecular weight is 455 g/mol. The Morgan fingerprint density at radius 2 is 1.90 bits per heavy atom. The van der Waals surface area contributed by atoms with Crippen LogP contribution in [0.4, 0.5) is 5.69 Å². The summed E-state index contributed by atoms with van der Waals surface area (Å²) in [4.78, 5) is 14.5. The second kappa shape index (κ2) is 8.61. The van der Waals surface area contributed by atoms with Crippen molar-refractivity contribution in [2.24, 2.45) is 0 Å². The van der Waals surface area contributed by atoms with Crippen molar-refractivity contribution in [2.75, 3.05) is 38.4 Å². The number of benzene rings is 2. The van der Waals surface area contributed by atoms with Crippen LogP contribution in [0.3, 0.4) is 0 Å². The number of hydrogen-bond donors (Lipinski definition) is 0. The molecule has 0 N–H and O–H groups in total. The van der Waals surface area contributed by atoms with Crippen molar-refractivity contribution in [3.63, 3.8) is 0 Å². The smallest absolute Gasteiger partial charge is 0.265 e. The van der Waals surface area contributed by atoms with E-state index in [1.165, 1.54) is 18.1 Å². The SMILES string of the molecule is COc1ccc(CN(C)C(=O)[C@H]2CN(S(C)(=O)=O)c3cc(Cl)ccc3O2)cc1OC. The van der Waals surface area contributed by atoms with E-state index in [0.717, 1.165) is 16.1 Å². The van der Waals surface area contributed by atoms with Crippen LogP contribution in [-0.4, -0.2) is 59.4 Å². The van der Waals surface area contributed by atoms with Gasteiger partial charge in [-0.25, -0.2) is 8.42 Å². The van der Waals surface area contributed by atoms with Gasteiger partial charge >= 0.3 is 0 Å². The Morgan fingerprint density at radius 3 is 2.53 bits per heavy atom. The van der Waals surface area contributed by atoms with E-state index in [2.05, 4.69) is 0 Å². The van der Waals surface area contributed by atoms with E-state index in [1.54, 1.807) is 38.4 Å². The molecule has 1 aliphatic rings. The Bertz CT molecular complexity index is 1060. The Kier molecular flexibility index (Phi) is 6.33. The van der Waals surface area contributed by atoms with E-state index < -0.39 is 16.1 Å². The summed E-state index contributed by atoms with van der Waals surface area (Å²) in [6, 6.07) is 10.0. The summed E-state index contributed by atoms with van der Waals surface area (Å²) < 4.78 is 42.1. The minimum absolute atomic E-state index is 0.138. The van der Waals surface area contributed by atoms with Crippen LogP contribution in [0.25, 0.3) is 0 Å². The molecule has 10 heteroatoms. The van der Waals surface area contributed by atoms with Gasteiger partial charge in [0.1, 0.15) is 5.75 Å². The summed E-state index contributed by atoms with van der Waals surface area (Å²) in [6.45, 7) is 0.146. The van der Waals surface area contributed by atoms with Crippen molar-refractivity contribution in [1.82, 2.24) is 4.90 Å². The van der Waals surface area contributed by atoms with Crippen LogP contribution in [-0.2, 0) is 21.4 Å². The van der Waals surface area contributed by atoms with Gasteiger partial charge in [0.05, 0.1) is 32.7 Å². The van der Waals surface area contributed by atoms with Crippen molar-refractivity contribution in [3.8, 4) is 17.2 Å². The van der Waals surface area contributed by atoms with Crippen LogP contribution < -0.4 is 18.5 Å². The molecule has 0 fully saturated rings. The van der Waals surface area contributed by atoms with Crippen molar-refractivity contribution in [1.29, 1.82) is 0 Å². The number of ether oxygens (including phenoxy) is 3. The molecule has 2 aromatic carbocycles. The Morgan fingerprint density at radius 1 is 1.20 bits per heavy atom. The van der Waals surface area contributed by atoms with Gasteiger partial charge in [0.25, 0.3) is 5.91 Å². The van der Waals surface area contributed by atoms with Crippen molar-refractivity contribution < 1.29 is 27.4 Å². The van der Waals surface area contributed by atoms with Gasteiger partial charge in [-0.05, 0) is 35.9 Å². The van der Waals surface area contributed by atoms with Gasteiger partial charge in [-0.15, -0.1) is 0 Å². The first kappa shape index (κ1) is 22.0. The molecule has 0 spiro atoms. The number of fused-ring (bicyclic) bond motifs is 1. The molecule has 0 aromatic heterocycles. The Balaban J connectivity index is 1.82. The maximum absolute atomic E-state index is 13.0. The van der Waals surface area contributed by atoms with E-state index >= 15 is 0 Å². The predicted molar refractivity (Wildman–Crippen MR) is 114 cm³/mol. The van der Waals surface area contributed by atoms with E-state index in [1.807, 2.05) is 6.07 Å². The molecule has 8 nitrogen and oxygen atoms in total. The standard InChI is InChI=1S/C20H23ClN2O6S/c1-22(11-13-5-7-17(27-2)18(9-13)28-3)20(24)19-12-23(30(4,25)26)15-10-14(21)6-8-16(15)29-19/h5-10,19H,11-12H2,1-4H3/t19-/m1/s1. The molecule has 1 aliphatic heterocycles. The van der Waals surface area contributed by atoms with Gasteiger partial charge in [-0.2, -0.15) is 0 Å².